The fourth-order valence-electron chi connectivity index (χ4n) is 1.52. The topological polar surface area (TPSA) is 49.8 Å². The summed E-state index contributed by atoms with van der Waals surface area (Å²) in [5.74, 6) is 0.219. The summed E-state index contributed by atoms with van der Waals surface area (Å²) >= 11 is 0. The van der Waals surface area contributed by atoms with Crippen LogP contribution in [0.5, 0.6) is 5.75 Å². The monoisotopic (exact) mass is 193 g/mol. The molecule has 1 N–H and O–H groups in total. The third kappa shape index (κ3) is 1.56. The van der Waals surface area contributed by atoms with Gasteiger partial charge >= 0.3 is 0 Å². The summed E-state index contributed by atoms with van der Waals surface area (Å²) < 4.78 is 5.19. The van der Waals surface area contributed by atoms with Crippen LogP contribution >= 0.6 is 0 Å². The Bertz CT molecular complexity index is 323. The van der Waals surface area contributed by atoms with E-state index in [9.17, 15) is 4.79 Å². The van der Waals surface area contributed by atoms with E-state index < -0.39 is 6.23 Å². The highest BCUT2D eigenvalue weighted by atomic mass is 16.5. The van der Waals surface area contributed by atoms with Crippen molar-refractivity contribution < 1.29 is 14.6 Å². The number of nitrogens with zero attached hydrogens (tertiary/aromatic N) is 1. The maximum Gasteiger partial charge on any atom is 0.186 e. The van der Waals surface area contributed by atoms with Gasteiger partial charge in [0.1, 0.15) is 5.75 Å². The summed E-state index contributed by atoms with van der Waals surface area (Å²) in [6, 6.07) is 6.71. The molecular formula is C10H11NO3. The Kier molecular flexibility index (Phi) is 2.37. The van der Waals surface area contributed by atoms with Crippen molar-refractivity contribution in [3.05, 3.63) is 24.3 Å². The number of aldehydes is 1. The van der Waals surface area contributed by atoms with Gasteiger partial charge in [-0.15, -0.1) is 0 Å². The molecule has 1 atom stereocenters. The summed E-state index contributed by atoms with van der Waals surface area (Å²) in [4.78, 5) is 12.5. The molecule has 1 aliphatic heterocycles. The van der Waals surface area contributed by atoms with Crippen molar-refractivity contribution in [1.29, 1.82) is 0 Å². The molecule has 1 aromatic carbocycles. The number of anilines is 1. The minimum absolute atomic E-state index is 0.219. The third-order valence-electron chi connectivity index (χ3n) is 2.23. The molecule has 1 aromatic rings. The number of benzene rings is 1. The van der Waals surface area contributed by atoms with Gasteiger partial charge in [0.05, 0.1) is 6.61 Å². The number of rotatable bonds is 2. The van der Waals surface area contributed by atoms with Gasteiger partial charge in [0, 0.05) is 12.2 Å². The van der Waals surface area contributed by atoms with Crippen LogP contribution in [0.15, 0.2) is 24.3 Å². The van der Waals surface area contributed by atoms with E-state index >= 15 is 0 Å². The first-order valence-electron chi connectivity index (χ1n) is 4.44. The normalized spacial score (nSPS) is 21.1. The van der Waals surface area contributed by atoms with Gasteiger partial charge in [0.25, 0.3) is 0 Å². The second-order valence-corrected chi connectivity index (χ2v) is 3.11. The van der Waals surface area contributed by atoms with Crippen molar-refractivity contribution >= 4 is 12.0 Å². The van der Waals surface area contributed by atoms with E-state index in [-0.39, 0.29) is 5.75 Å². The van der Waals surface area contributed by atoms with Crippen LogP contribution in [0.4, 0.5) is 5.69 Å². The third-order valence-corrected chi connectivity index (χ3v) is 2.23. The molecule has 1 saturated heterocycles. The standard InChI is InChI=1S/C10H11NO3/c12-7-10-11(5-6-14-10)8-1-3-9(13)4-2-8/h1-4,7,10,13H,5-6H2. The quantitative estimate of drug-likeness (QED) is 0.704. The molecule has 1 heterocycles. The van der Waals surface area contributed by atoms with E-state index in [0.717, 1.165) is 12.0 Å². The second kappa shape index (κ2) is 3.67. The average Bonchev–Trinajstić information content (AvgIpc) is 2.67. The molecule has 0 amide bonds. The van der Waals surface area contributed by atoms with Gasteiger partial charge in [-0.3, -0.25) is 4.79 Å². The molecule has 4 nitrogen and oxygen atoms in total. The molecule has 14 heavy (non-hydrogen) atoms. The lowest BCUT2D eigenvalue weighted by Crippen LogP contribution is -2.30. The summed E-state index contributed by atoms with van der Waals surface area (Å²) in [5.41, 5.74) is 0.886. The van der Waals surface area contributed by atoms with Gasteiger partial charge in [0.2, 0.25) is 0 Å². The fourth-order valence-corrected chi connectivity index (χ4v) is 1.52. The van der Waals surface area contributed by atoms with Crippen LogP contribution in [0.1, 0.15) is 0 Å². The van der Waals surface area contributed by atoms with Gasteiger partial charge in [-0.2, -0.15) is 0 Å². The number of hydrogen-bond donors (Lipinski definition) is 1. The molecular weight excluding hydrogens is 182 g/mol. The number of carbonyl (C=O) groups excluding carboxylic acids is 1. The molecule has 0 aliphatic carbocycles. The lowest BCUT2D eigenvalue weighted by atomic mass is 10.2. The molecule has 74 valence electrons. The smallest absolute Gasteiger partial charge is 0.186 e. The summed E-state index contributed by atoms with van der Waals surface area (Å²) in [5, 5.41) is 9.10. The molecule has 0 spiro atoms. The highest BCUT2D eigenvalue weighted by Crippen LogP contribution is 2.22. The van der Waals surface area contributed by atoms with Gasteiger partial charge in [-0.25, -0.2) is 0 Å². The Balaban J connectivity index is 2.21. The highest BCUT2D eigenvalue weighted by molar-refractivity contribution is 5.65. The van der Waals surface area contributed by atoms with Gasteiger partial charge in [0.15, 0.2) is 12.5 Å². The van der Waals surface area contributed by atoms with E-state index in [0.29, 0.717) is 13.2 Å². The van der Waals surface area contributed by atoms with E-state index in [1.807, 2.05) is 4.90 Å². The second-order valence-electron chi connectivity index (χ2n) is 3.11. The van der Waals surface area contributed by atoms with Gasteiger partial charge < -0.3 is 14.7 Å². The van der Waals surface area contributed by atoms with Crippen LogP contribution in [-0.2, 0) is 9.53 Å². The van der Waals surface area contributed by atoms with Crippen molar-refractivity contribution in [3.8, 4) is 5.75 Å². The number of hydrogen-bond acceptors (Lipinski definition) is 4. The lowest BCUT2D eigenvalue weighted by molar-refractivity contribution is -0.115. The Morgan fingerprint density at radius 1 is 1.43 bits per heavy atom. The highest BCUT2D eigenvalue weighted by Gasteiger charge is 2.24. The first kappa shape index (κ1) is 9.02. The van der Waals surface area contributed by atoms with E-state index in [1.54, 1.807) is 24.3 Å². The number of aromatic hydroxyl groups is 1. The molecule has 0 radical (unpaired) electrons. The van der Waals surface area contributed by atoms with Crippen LogP contribution in [0.3, 0.4) is 0 Å². The van der Waals surface area contributed by atoms with Crippen molar-refractivity contribution in [1.82, 2.24) is 0 Å². The number of phenols is 1. The first-order valence-corrected chi connectivity index (χ1v) is 4.44. The maximum atomic E-state index is 10.6. The minimum atomic E-state index is -0.487. The van der Waals surface area contributed by atoms with E-state index in [2.05, 4.69) is 0 Å². The molecule has 1 aliphatic rings. The first-order chi connectivity index (χ1) is 6.81. The lowest BCUT2D eigenvalue weighted by Gasteiger charge is -2.20. The van der Waals surface area contributed by atoms with Crippen molar-refractivity contribution in [2.45, 2.75) is 6.23 Å². The van der Waals surface area contributed by atoms with E-state index in [1.165, 1.54) is 0 Å². The van der Waals surface area contributed by atoms with Crippen molar-refractivity contribution in [3.63, 3.8) is 0 Å². The molecule has 0 bridgehead atoms. The molecule has 1 unspecified atom stereocenters. The van der Waals surface area contributed by atoms with Crippen molar-refractivity contribution in [2.75, 3.05) is 18.1 Å². The average molecular weight is 193 g/mol. The summed E-state index contributed by atoms with van der Waals surface area (Å²) in [7, 11) is 0. The molecule has 1 fully saturated rings. The van der Waals surface area contributed by atoms with Crippen LogP contribution in [0.25, 0.3) is 0 Å². The van der Waals surface area contributed by atoms with Crippen LogP contribution < -0.4 is 4.90 Å². The SMILES string of the molecule is O=CC1OCCN1c1ccc(O)cc1. The number of phenolic OH excluding ortho intramolecular Hbond substituents is 1. The van der Waals surface area contributed by atoms with Gasteiger partial charge in [-0.05, 0) is 24.3 Å². The minimum Gasteiger partial charge on any atom is -0.508 e. The molecule has 0 aromatic heterocycles. The Hall–Kier alpha value is -1.55. The molecule has 4 heteroatoms. The van der Waals surface area contributed by atoms with Crippen LogP contribution in [-0.4, -0.2) is 30.8 Å². The molecule has 2 rings (SSSR count). The summed E-state index contributed by atoms with van der Waals surface area (Å²) in [6.07, 6.45) is 0.291. The Morgan fingerprint density at radius 3 is 2.79 bits per heavy atom. The number of carbonyl (C=O) groups is 1. The zero-order valence-electron chi connectivity index (χ0n) is 7.59. The number of ether oxygens (including phenoxy) is 1. The maximum absolute atomic E-state index is 10.6. The predicted octanol–water partition coefficient (Wildman–Crippen LogP) is 0.754. The van der Waals surface area contributed by atoms with Crippen LogP contribution in [0, 0.1) is 0 Å². The van der Waals surface area contributed by atoms with Gasteiger partial charge in [-0.1, -0.05) is 0 Å². The zero-order chi connectivity index (χ0) is 9.97. The Morgan fingerprint density at radius 2 is 2.14 bits per heavy atom. The summed E-state index contributed by atoms with van der Waals surface area (Å²) in [6.45, 7) is 1.26. The zero-order valence-corrected chi connectivity index (χ0v) is 7.59. The largest absolute Gasteiger partial charge is 0.508 e. The predicted molar refractivity (Wildman–Crippen MR) is 51.3 cm³/mol. The van der Waals surface area contributed by atoms with Crippen LogP contribution in [0.2, 0.25) is 0 Å². The fraction of sp³-hybridized carbons (Fsp3) is 0.300. The Labute approximate surface area is 81.7 Å². The molecule has 0 saturated carbocycles. The van der Waals surface area contributed by atoms with Crippen molar-refractivity contribution in [2.24, 2.45) is 0 Å². The van der Waals surface area contributed by atoms with E-state index in [4.69, 9.17) is 9.84 Å².